The Kier molecular flexibility index (Phi) is 7.07. The van der Waals surface area contributed by atoms with Crippen molar-refractivity contribution in [1.82, 2.24) is 20.1 Å². The number of hydrogen-bond donors (Lipinski definition) is 2. The van der Waals surface area contributed by atoms with Crippen LogP contribution in [0.5, 0.6) is 0 Å². The number of nitrogens with two attached hydrogens (primary N) is 1. The van der Waals surface area contributed by atoms with Gasteiger partial charge in [0.05, 0.1) is 25.4 Å². The highest BCUT2D eigenvalue weighted by Crippen LogP contribution is 2.31. The zero-order valence-electron chi connectivity index (χ0n) is 17.9. The van der Waals surface area contributed by atoms with Gasteiger partial charge in [0.25, 0.3) is 5.22 Å². The van der Waals surface area contributed by atoms with Crippen molar-refractivity contribution in [1.29, 1.82) is 0 Å². The number of hydrogen-bond acceptors (Lipinski definition) is 9. The van der Waals surface area contributed by atoms with Crippen LogP contribution in [0.2, 0.25) is 0 Å². The maximum Gasteiger partial charge on any atom is 0.328 e. The Balaban J connectivity index is 1.47. The molecule has 1 aliphatic heterocycles. The molecule has 0 aliphatic carbocycles. The van der Waals surface area contributed by atoms with E-state index < -0.39 is 12.0 Å². The maximum atomic E-state index is 13.1. The van der Waals surface area contributed by atoms with Crippen LogP contribution in [0.25, 0.3) is 10.9 Å². The number of amides is 1. The van der Waals surface area contributed by atoms with Crippen LogP contribution in [0.1, 0.15) is 29.6 Å². The molecule has 0 fully saturated rings. The Bertz CT molecular complexity index is 1110. The molecule has 0 radical (unpaired) electrons. The number of rotatable bonds is 8. The number of carbonyl (C=O) groups excluding carboxylic acids is 2. The summed E-state index contributed by atoms with van der Waals surface area (Å²) in [5.74, 6) is 0.678. The predicted molar refractivity (Wildman–Crippen MR) is 123 cm³/mol. The quantitative estimate of drug-likeness (QED) is 0.373. The fourth-order valence-corrected chi connectivity index (χ4v) is 4.97. The highest BCUT2D eigenvalue weighted by molar-refractivity contribution is 7.99. The number of thioether (sulfide) groups is 2. The number of nitrogens with zero attached hydrogens (tertiary/aromatic N) is 3. The molecule has 3 aromatic rings. The molecule has 1 aliphatic rings. The van der Waals surface area contributed by atoms with Crippen LogP contribution >= 0.6 is 23.5 Å². The number of fused-ring (bicyclic) bond motifs is 3. The fraction of sp³-hybridized carbons (Fsp3) is 0.429. The van der Waals surface area contributed by atoms with Gasteiger partial charge in [-0.05, 0) is 30.1 Å². The Morgan fingerprint density at radius 1 is 1.38 bits per heavy atom. The van der Waals surface area contributed by atoms with Crippen LogP contribution < -0.4 is 5.73 Å². The van der Waals surface area contributed by atoms with Crippen LogP contribution in [0.3, 0.4) is 0 Å². The number of aromatic amines is 1. The van der Waals surface area contributed by atoms with E-state index in [1.165, 1.54) is 7.11 Å². The van der Waals surface area contributed by atoms with Gasteiger partial charge in [0, 0.05) is 23.0 Å². The minimum Gasteiger partial charge on any atom is -0.467 e. The molecule has 0 bridgehead atoms. The average Bonchev–Trinajstić information content (AvgIpc) is 3.44. The predicted octanol–water partition coefficient (Wildman–Crippen LogP) is 2.52. The van der Waals surface area contributed by atoms with Gasteiger partial charge in [-0.25, -0.2) is 4.79 Å². The first-order valence-electron chi connectivity index (χ1n) is 10.2. The Morgan fingerprint density at radius 3 is 2.97 bits per heavy atom. The highest BCUT2D eigenvalue weighted by Gasteiger charge is 2.37. The normalized spacial score (nSPS) is 16.7. The third kappa shape index (κ3) is 4.64. The lowest BCUT2D eigenvalue weighted by atomic mass is 9.96. The summed E-state index contributed by atoms with van der Waals surface area (Å²) in [5.41, 5.74) is 9.03. The van der Waals surface area contributed by atoms with Crippen LogP contribution in [-0.4, -0.2) is 62.9 Å². The SMILES string of the molecule is COC(=O)C1Cc2c([nH]c3ccccc23)CN1C(=O)CSc1nnc(C(N)CCSC)o1. The van der Waals surface area contributed by atoms with Gasteiger partial charge >= 0.3 is 5.97 Å². The number of nitrogens with one attached hydrogen (secondary N) is 1. The highest BCUT2D eigenvalue weighted by atomic mass is 32.2. The van der Waals surface area contributed by atoms with E-state index in [2.05, 4.69) is 15.2 Å². The van der Waals surface area contributed by atoms with Gasteiger partial charge in [0.1, 0.15) is 6.04 Å². The van der Waals surface area contributed by atoms with E-state index in [4.69, 9.17) is 14.9 Å². The van der Waals surface area contributed by atoms with E-state index in [9.17, 15) is 9.59 Å². The number of benzene rings is 1. The van der Waals surface area contributed by atoms with Gasteiger partial charge < -0.3 is 24.8 Å². The number of para-hydroxylation sites is 1. The third-order valence-electron chi connectivity index (χ3n) is 5.49. The van der Waals surface area contributed by atoms with E-state index in [1.54, 1.807) is 16.7 Å². The molecule has 0 saturated carbocycles. The van der Waals surface area contributed by atoms with E-state index in [0.717, 1.165) is 46.1 Å². The maximum absolute atomic E-state index is 13.1. The van der Waals surface area contributed by atoms with E-state index in [0.29, 0.717) is 18.9 Å². The summed E-state index contributed by atoms with van der Waals surface area (Å²) < 4.78 is 10.6. The Hall–Kier alpha value is -2.50. The molecule has 1 amide bonds. The summed E-state index contributed by atoms with van der Waals surface area (Å²) in [6.07, 6.45) is 3.14. The topological polar surface area (TPSA) is 127 Å². The second kappa shape index (κ2) is 9.97. The Morgan fingerprint density at radius 2 is 2.19 bits per heavy atom. The number of carbonyl (C=O) groups is 2. The number of H-pyrrole nitrogens is 1. The van der Waals surface area contributed by atoms with E-state index >= 15 is 0 Å². The van der Waals surface area contributed by atoms with Gasteiger partial charge in [-0.1, -0.05) is 30.0 Å². The largest absolute Gasteiger partial charge is 0.467 e. The van der Waals surface area contributed by atoms with Crippen molar-refractivity contribution in [3.63, 3.8) is 0 Å². The van der Waals surface area contributed by atoms with Crippen molar-refractivity contribution in [2.24, 2.45) is 5.73 Å². The van der Waals surface area contributed by atoms with Gasteiger partial charge in [-0.2, -0.15) is 11.8 Å². The molecule has 3 heterocycles. The van der Waals surface area contributed by atoms with Crippen LogP contribution in [0, 0.1) is 0 Å². The molecule has 1 aromatic carbocycles. The zero-order valence-corrected chi connectivity index (χ0v) is 19.5. The lowest BCUT2D eigenvalue weighted by Crippen LogP contribution is -2.49. The minimum absolute atomic E-state index is 0.0603. The van der Waals surface area contributed by atoms with Crippen molar-refractivity contribution in [2.75, 3.05) is 24.9 Å². The molecule has 2 aromatic heterocycles. The summed E-state index contributed by atoms with van der Waals surface area (Å²) in [6.45, 7) is 0.303. The fourth-order valence-electron chi connectivity index (χ4n) is 3.82. The molecular formula is C21H25N5O4S2. The number of ether oxygens (including phenoxy) is 1. The lowest BCUT2D eigenvalue weighted by Gasteiger charge is -2.33. The first-order valence-corrected chi connectivity index (χ1v) is 12.6. The van der Waals surface area contributed by atoms with Crippen LogP contribution in [-0.2, 0) is 27.3 Å². The minimum atomic E-state index is -0.682. The van der Waals surface area contributed by atoms with Crippen molar-refractivity contribution in [2.45, 2.75) is 36.7 Å². The first kappa shape index (κ1) is 22.7. The second-order valence-corrected chi connectivity index (χ2v) is 9.39. The zero-order chi connectivity index (χ0) is 22.7. The summed E-state index contributed by atoms with van der Waals surface area (Å²) in [6, 6.07) is 6.91. The van der Waals surface area contributed by atoms with Crippen molar-refractivity contribution >= 4 is 46.3 Å². The van der Waals surface area contributed by atoms with E-state index in [1.807, 2.05) is 30.5 Å². The number of methoxy groups -OCH3 is 1. The van der Waals surface area contributed by atoms with Crippen LogP contribution in [0.15, 0.2) is 33.9 Å². The molecule has 32 heavy (non-hydrogen) atoms. The van der Waals surface area contributed by atoms with Crippen molar-refractivity contribution < 1.29 is 18.7 Å². The smallest absolute Gasteiger partial charge is 0.328 e. The van der Waals surface area contributed by atoms with Gasteiger partial charge in [0.15, 0.2) is 0 Å². The summed E-state index contributed by atoms with van der Waals surface area (Å²) in [7, 11) is 1.34. The van der Waals surface area contributed by atoms with E-state index in [-0.39, 0.29) is 22.9 Å². The van der Waals surface area contributed by atoms with Gasteiger partial charge in [-0.3, -0.25) is 4.79 Å². The lowest BCUT2D eigenvalue weighted by molar-refractivity contribution is -0.153. The molecule has 2 atom stereocenters. The van der Waals surface area contributed by atoms with Gasteiger partial charge in [-0.15, -0.1) is 10.2 Å². The van der Waals surface area contributed by atoms with Crippen molar-refractivity contribution in [3.05, 3.63) is 41.4 Å². The molecule has 2 unspecified atom stereocenters. The van der Waals surface area contributed by atoms with Gasteiger partial charge in [0.2, 0.25) is 11.8 Å². The standard InChI is InChI=1S/C21H25N5O4S2/c1-29-20(28)17-9-13-12-5-3-4-6-15(12)23-16(13)10-26(17)18(27)11-32-21-25-24-19(30-21)14(22)7-8-31-2/h3-6,14,17,23H,7-11,22H2,1-2H3. The second-order valence-electron chi connectivity index (χ2n) is 7.48. The molecule has 9 nitrogen and oxygen atoms in total. The first-order chi connectivity index (χ1) is 15.5. The monoisotopic (exact) mass is 475 g/mol. The summed E-state index contributed by atoms with van der Waals surface area (Å²) >= 11 is 2.83. The molecular weight excluding hydrogens is 450 g/mol. The molecule has 11 heteroatoms. The van der Waals surface area contributed by atoms with Crippen molar-refractivity contribution in [3.8, 4) is 0 Å². The van der Waals surface area contributed by atoms with Crippen LogP contribution in [0.4, 0.5) is 0 Å². The summed E-state index contributed by atoms with van der Waals surface area (Å²) in [4.78, 5) is 30.5. The molecule has 0 spiro atoms. The Labute approximate surface area is 193 Å². The summed E-state index contributed by atoms with van der Waals surface area (Å²) in [5, 5.41) is 9.33. The number of aromatic nitrogens is 3. The molecule has 170 valence electrons. The average molecular weight is 476 g/mol. The number of esters is 1. The molecule has 0 saturated heterocycles. The third-order valence-corrected chi connectivity index (χ3v) is 6.94. The molecule has 4 rings (SSSR count). The molecule has 3 N–H and O–H groups in total.